The van der Waals surface area contributed by atoms with E-state index in [9.17, 15) is 13.2 Å². The highest BCUT2D eigenvalue weighted by molar-refractivity contribution is 7.89. The van der Waals surface area contributed by atoms with E-state index < -0.39 is 10.0 Å². The average molecular weight is 449 g/mol. The first-order valence-corrected chi connectivity index (χ1v) is 12.2. The molecule has 1 N–H and O–H groups in total. The highest BCUT2D eigenvalue weighted by Gasteiger charge is 2.32. The van der Waals surface area contributed by atoms with E-state index in [2.05, 4.69) is 29.5 Å². The molecular formula is C22H32N4O4S. The molecule has 3 rings (SSSR count). The largest absolute Gasteiger partial charge is 0.360 e. The molecule has 1 amide bonds. The van der Waals surface area contributed by atoms with Crippen molar-refractivity contribution in [2.45, 2.75) is 44.4 Å². The van der Waals surface area contributed by atoms with Crippen LogP contribution >= 0.6 is 0 Å². The molecule has 0 bridgehead atoms. The summed E-state index contributed by atoms with van der Waals surface area (Å²) < 4.78 is 32.6. The molecule has 1 aromatic carbocycles. The normalized spacial score (nSPS) is 17.3. The van der Waals surface area contributed by atoms with Crippen LogP contribution in [0.1, 0.15) is 42.7 Å². The van der Waals surface area contributed by atoms with E-state index in [1.165, 1.54) is 9.87 Å². The van der Waals surface area contributed by atoms with Gasteiger partial charge in [-0.05, 0) is 38.8 Å². The van der Waals surface area contributed by atoms with Crippen molar-refractivity contribution >= 4 is 15.9 Å². The lowest BCUT2D eigenvalue weighted by Crippen LogP contribution is -2.41. The molecule has 1 saturated heterocycles. The van der Waals surface area contributed by atoms with Crippen LogP contribution in [0.2, 0.25) is 0 Å². The minimum Gasteiger partial charge on any atom is -0.360 e. The third-order valence-electron chi connectivity index (χ3n) is 5.79. The van der Waals surface area contributed by atoms with Crippen LogP contribution in [0.25, 0.3) is 0 Å². The number of nitrogens with one attached hydrogen (secondary N) is 1. The molecule has 0 aliphatic carbocycles. The van der Waals surface area contributed by atoms with Crippen LogP contribution in [0.4, 0.5) is 0 Å². The Labute approximate surface area is 184 Å². The molecule has 1 aromatic heterocycles. The zero-order chi connectivity index (χ0) is 22.4. The lowest BCUT2D eigenvalue weighted by Gasteiger charge is -2.22. The molecule has 9 heteroatoms. The van der Waals surface area contributed by atoms with E-state index in [4.69, 9.17) is 4.52 Å². The van der Waals surface area contributed by atoms with Gasteiger partial charge >= 0.3 is 0 Å². The van der Waals surface area contributed by atoms with Gasteiger partial charge in [-0.3, -0.25) is 9.69 Å². The van der Waals surface area contributed by atoms with E-state index in [1.54, 1.807) is 13.8 Å². The van der Waals surface area contributed by atoms with E-state index in [0.717, 1.165) is 6.42 Å². The topological polar surface area (TPSA) is 95.8 Å². The zero-order valence-corrected chi connectivity index (χ0v) is 19.3. The van der Waals surface area contributed by atoms with Crippen LogP contribution in [0, 0.1) is 13.8 Å². The van der Waals surface area contributed by atoms with Crippen LogP contribution in [0.5, 0.6) is 0 Å². The van der Waals surface area contributed by atoms with Crippen molar-refractivity contribution in [3.8, 4) is 0 Å². The smallest absolute Gasteiger partial charge is 0.248 e. The molecule has 1 fully saturated rings. The van der Waals surface area contributed by atoms with Crippen LogP contribution in [0.3, 0.4) is 0 Å². The van der Waals surface area contributed by atoms with Crippen LogP contribution in [-0.4, -0.2) is 68.0 Å². The minimum absolute atomic E-state index is 0.0311. The second kappa shape index (κ2) is 10.4. The van der Waals surface area contributed by atoms with Gasteiger partial charge in [0.1, 0.15) is 10.6 Å². The molecule has 0 spiro atoms. The Morgan fingerprint density at radius 1 is 1.16 bits per heavy atom. The number of hydrogen-bond acceptors (Lipinski definition) is 6. The number of aryl methyl sites for hydroxylation is 2. The molecule has 8 nitrogen and oxygen atoms in total. The average Bonchev–Trinajstić information content (AvgIpc) is 2.94. The summed E-state index contributed by atoms with van der Waals surface area (Å²) in [6, 6.07) is 10.2. The second-order valence-corrected chi connectivity index (χ2v) is 9.88. The maximum Gasteiger partial charge on any atom is 0.248 e. The standard InChI is InChI=1S/C22H32N4O4S/c1-4-19(20-9-6-5-7-10-20)15-23-21(27)16-25-11-8-12-26(14-13-25)31(28,29)22-17(2)24-30-18(22)3/h5-7,9-10,19H,4,8,11-16H2,1-3H3,(H,23,27). The third-order valence-corrected chi connectivity index (χ3v) is 7.93. The maximum absolute atomic E-state index is 13.0. The molecule has 1 aliphatic heterocycles. The fourth-order valence-electron chi connectivity index (χ4n) is 4.04. The quantitative estimate of drug-likeness (QED) is 0.666. The first-order valence-electron chi connectivity index (χ1n) is 10.8. The maximum atomic E-state index is 13.0. The van der Waals surface area contributed by atoms with Crippen molar-refractivity contribution < 1.29 is 17.7 Å². The summed E-state index contributed by atoms with van der Waals surface area (Å²) in [5, 5.41) is 6.82. The fraction of sp³-hybridized carbons (Fsp3) is 0.545. The van der Waals surface area contributed by atoms with Gasteiger partial charge in [-0.2, -0.15) is 4.31 Å². The van der Waals surface area contributed by atoms with Crippen molar-refractivity contribution in [2.75, 3.05) is 39.3 Å². The highest BCUT2D eigenvalue weighted by Crippen LogP contribution is 2.24. The SMILES string of the molecule is CCC(CNC(=O)CN1CCCN(S(=O)(=O)c2c(C)noc2C)CC1)c1ccccc1. The lowest BCUT2D eigenvalue weighted by molar-refractivity contribution is -0.122. The molecule has 1 unspecified atom stereocenters. The summed E-state index contributed by atoms with van der Waals surface area (Å²) in [6.45, 7) is 8.16. The Bertz CT molecular complexity index is 955. The number of rotatable bonds is 8. The second-order valence-electron chi connectivity index (χ2n) is 8.01. The highest BCUT2D eigenvalue weighted by atomic mass is 32.2. The summed E-state index contributed by atoms with van der Waals surface area (Å²) >= 11 is 0. The van der Waals surface area contributed by atoms with E-state index in [0.29, 0.717) is 50.6 Å². The minimum atomic E-state index is -3.66. The van der Waals surface area contributed by atoms with Crippen molar-refractivity contribution in [3.63, 3.8) is 0 Å². The van der Waals surface area contributed by atoms with E-state index >= 15 is 0 Å². The van der Waals surface area contributed by atoms with Gasteiger partial charge in [0, 0.05) is 32.1 Å². The molecule has 1 atom stereocenters. The molecule has 170 valence electrons. The molecular weight excluding hydrogens is 416 g/mol. The number of benzene rings is 1. The van der Waals surface area contributed by atoms with E-state index in [-0.39, 0.29) is 23.3 Å². The van der Waals surface area contributed by atoms with Crippen molar-refractivity contribution in [3.05, 3.63) is 47.3 Å². The third kappa shape index (κ3) is 5.72. The van der Waals surface area contributed by atoms with Crippen LogP contribution < -0.4 is 5.32 Å². The van der Waals surface area contributed by atoms with Gasteiger partial charge in [-0.15, -0.1) is 0 Å². The Hall–Kier alpha value is -2.23. The Kier molecular flexibility index (Phi) is 7.85. The van der Waals surface area contributed by atoms with Gasteiger partial charge in [-0.1, -0.05) is 42.4 Å². The van der Waals surface area contributed by atoms with Crippen molar-refractivity contribution in [1.82, 2.24) is 19.7 Å². The Morgan fingerprint density at radius 2 is 1.90 bits per heavy atom. The van der Waals surface area contributed by atoms with Gasteiger partial charge in [-0.25, -0.2) is 8.42 Å². The van der Waals surface area contributed by atoms with Crippen LogP contribution in [0.15, 0.2) is 39.8 Å². The summed E-state index contributed by atoms with van der Waals surface area (Å²) in [7, 11) is -3.66. The number of amides is 1. The predicted octanol–water partition coefficient (Wildman–Crippen LogP) is 2.30. The number of sulfonamides is 1. The van der Waals surface area contributed by atoms with Gasteiger partial charge in [0.15, 0.2) is 5.76 Å². The first kappa shape index (κ1) is 23.4. The molecule has 2 aromatic rings. The van der Waals surface area contributed by atoms with Gasteiger partial charge in [0.25, 0.3) is 0 Å². The molecule has 1 aliphatic rings. The van der Waals surface area contributed by atoms with Crippen molar-refractivity contribution in [1.29, 1.82) is 0 Å². The van der Waals surface area contributed by atoms with Crippen molar-refractivity contribution in [2.24, 2.45) is 0 Å². The van der Waals surface area contributed by atoms with Gasteiger partial charge < -0.3 is 9.84 Å². The number of carbonyl (C=O) groups excluding carboxylic acids is 1. The summed E-state index contributed by atoms with van der Waals surface area (Å²) in [5.74, 6) is 0.559. The zero-order valence-electron chi connectivity index (χ0n) is 18.5. The number of aromatic nitrogens is 1. The monoisotopic (exact) mass is 448 g/mol. The molecule has 0 radical (unpaired) electrons. The fourth-order valence-corrected chi connectivity index (χ4v) is 5.80. The summed E-state index contributed by atoms with van der Waals surface area (Å²) in [5.41, 5.74) is 1.60. The molecule has 31 heavy (non-hydrogen) atoms. The Morgan fingerprint density at radius 3 is 2.55 bits per heavy atom. The first-order chi connectivity index (χ1) is 14.8. The van der Waals surface area contributed by atoms with Gasteiger partial charge in [0.2, 0.25) is 15.9 Å². The van der Waals surface area contributed by atoms with E-state index in [1.807, 2.05) is 23.1 Å². The predicted molar refractivity (Wildman–Crippen MR) is 118 cm³/mol. The lowest BCUT2D eigenvalue weighted by atomic mass is 9.96. The summed E-state index contributed by atoms with van der Waals surface area (Å²) in [6.07, 6.45) is 1.61. The van der Waals surface area contributed by atoms with Crippen LogP contribution in [-0.2, 0) is 14.8 Å². The number of nitrogens with zero attached hydrogens (tertiary/aromatic N) is 3. The summed E-state index contributed by atoms with van der Waals surface area (Å²) in [4.78, 5) is 14.7. The van der Waals surface area contributed by atoms with Gasteiger partial charge in [0.05, 0.1) is 6.54 Å². The number of carbonyl (C=O) groups is 1. The molecule has 0 saturated carbocycles. The Balaban J connectivity index is 1.53. The number of hydrogen-bond donors (Lipinski definition) is 1. The molecule has 2 heterocycles.